The molecule has 3 nitrogen and oxygen atoms in total. The normalized spacial score (nSPS) is 9.93. The second-order valence-electron chi connectivity index (χ2n) is 3.24. The maximum absolute atomic E-state index is 11.3. The molecule has 0 N–H and O–H groups in total. The number of para-hydroxylation sites is 1. The molecule has 0 unspecified atom stereocenters. The second-order valence-corrected chi connectivity index (χ2v) is 3.24. The molecule has 0 bridgehead atoms. The van der Waals surface area contributed by atoms with Gasteiger partial charge >= 0.3 is 5.97 Å². The fraction of sp³-hybridized carbons (Fsp3) is 0.417. The molecule has 0 atom stereocenters. The molecule has 15 heavy (non-hydrogen) atoms. The van der Waals surface area contributed by atoms with Gasteiger partial charge in [0.15, 0.2) is 0 Å². The number of ether oxygens (including phenoxy) is 2. The van der Waals surface area contributed by atoms with E-state index in [-0.39, 0.29) is 5.97 Å². The van der Waals surface area contributed by atoms with E-state index in [9.17, 15) is 4.79 Å². The molecule has 0 amide bonds. The number of rotatable bonds is 6. The summed E-state index contributed by atoms with van der Waals surface area (Å²) < 4.78 is 10.0. The highest BCUT2D eigenvalue weighted by atomic mass is 16.5. The number of esters is 1. The van der Waals surface area contributed by atoms with Crippen LogP contribution >= 0.6 is 0 Å². The summed E-state index contributed by atoms with van der Waals surface area (Å²) >= 11 is 0. The molecule has 0 fully saturated rings. The van der Waals surface area contributed by atoms with Crippen LogP contribution in [0.5, 0.6) is 5.75 Å². The number of benzene rings is 1. The van der Waals surface area contributed by atoms with Gasteiger partial charge in [0.2, 0.25) is 0 Å². The minimum absolute atomic E-state index is 0.183. The van der Waals surface area contributed by atoms with Crippen LogP contribution in [0.25, 0.3) is 0 Å². The largest absolute Gasteiger partial charge is 0.427 e. The van der Waals surface area contributed by atoms with Crippen LogP contribution in [0, 0.1) is 0 Å². The lowest BCUT2D eigenvalue weighted by atomic mass is 10.2. The third kappa shape index (κ3) is 5.18. The van der Waals surface area contributed by atoms with E-state index in [2.05, 4.69) is 0 Å². The van der Waals surface area contributed by atoms with Gasteiger partial charge < -0.3 is 9.47 Å². The topological polar surface area (TPSA) is 35.5 Å². The maximum Gasteiger partial charge on any atom is 0.311 e. The minimum Gasteiger partial charge on any atom is -0.427 e. The summed E-state index contributed by atoms with van der Waals surface area (Å²) in [5, 5.41) is 0. The molecule has 0 aliphatic carbocycles. The first-order chi connectivity index (χ1) is 7.33. The molecule has 0 heterocycles. The summed E-state index contributed by atoms with van der Waals surface area (Å²) in [6.45, 7) is 0.693. The maximum atomic E-state index is 11.3. The van der Waals surface area contributed by atoms with E-state index in [1.165, 1.54) is 0 Å². The fourth-order valence-electron chi connectivity index (χ4n) is 1.19. The van der Waals surface area contributed by atoms with Gasteiger partial charge in [-0.3, -0.25) is 4.79 Å². The van der Waals surface area contributed by atoms with Gasteiger partial charge in [-0.15, -0.1) is 0 Å². The average Bonchev–Trinajstić information content (AvgIpc) is 2.26. The third-order valence-electron chi connectivity index (χ3n) is 1.95. The van der Waals surface area contributed by atoms with Crippen LogP contribution < -0.4 is 4.74 Å². The van der Waals surface area contributed by atoms with Crippen molar-refractivity contribution in [3.05, 3.63) is 30.3 Å². The monoisotopic (exact) mass is 208 g/mol. The van der Waals surface area contributed by atoms with E-state index >= 15 is 0 Å². The lowest BCUT2D eigenvalue weighted by Gasteiger charge is -2.03. The van der Waals surface area contributed by atoms with Gasteiger partial charge in [-0.1, -0.05) is 18.2 Å². The predicted octanol–water partition coefficient (Wildman–Crippen LogP) is 2.41. The van der Waals surface area contributed by atoms with Gasteiger partial charge in [0, 0.05) is 20.1 Å². The van der Waals surface area contributed by atoms with Crippen molar-refractivity contribution < 1.29 is 14.3 Å². The Balaban J connectivity index is 2.19. The van der Waals surface area contributed by atoms with Crippen LogP contribution in [0.1, 0.15) is 19.3 Å². The van der Waals surface area contributed by atoms with Gasteiger partial charge in [0.25, 0.3) is 0 Å². The van der Waals surface area contributed by atoms with E-state index < -0.39 is 0 Å². The molecule has 82 valence electrons. The summed E-state index contributed by atoms with van der Waals surface area (Å²) in [4.78, 5) is 11.3. The van der Waals surface area contributed by atoms with Crippen molar-refractivity contribution in [3.8, 4) is 5.75 Å². The fourth-order valence-corrected chi connectivity index (χ4v) is 1.19. The van der Waals surface area contributed by atoms with Crippen molar-refractivity contribution >= 4 is 5.97 Å². The summed E-state index contributed by atoms with van der Waals surface area (Å²) in [5.41, 5.74) is 0. The Morgan fingerprint density at radius 2 is 1.93 bits per heavy atom. The molecule has 3 heteroatoms. The van der Waals surface area contributed by atoms with E-state index in [1.54, 1.807) is 19.2 Å². The van der Waals surface area contributed by atoms with Crippen LogP contribution in [0.3, 0.4) is 0 Å². The molecule has 1 aromatic rings. The molecule has 0 aliphatic heterocycles. The van der Waals surface area contributed by atoms with Crippen molar-refractivity contribution in [2.45, 2.75) is 19.3 Å². The number of hydrogen-bond donors (Lipinski definition) is 0. The van der Waals surface area contributed by atoms with E-state index in [4.69, 9.17) is 9.47 Å². The smallest absolute Gasteiger partial charge is 0.311 e. The quantitative estimate of drug-likeness (QED) is 0.409. The Morgan fingerprint density at radius 3 is 2.60 bits per heavy atom. The first-order valence-electron chi connectivity index (χ1n) is 5.07. The van der Waals surface area contributed by atoms with Crippen LogP contribution in [0.2, 0.25) is 0 Å². The second kappa shape index (κ2) is 7.01. The molecule has 0 aliphatic rings. The van der Waals surface area contributed by atoms with Gasteiger partial charge in [-0.2, -0.15) is 0 Å². The average molecular weight is 208 g/mol. The van der Waals surface area contributed by atoms with E-state index in [0.29, 0.717) is 18.8 Å². The molecular formula is C12H16O3. The van der Waals surface area contributed by atoms with Gasteiger partial charge in [0.1, 0.15) is 5.75 Å². The summed E-state index contributed by atoms with van der Waals surface area (Å²) in [7, 11) is 1.66. The molecule has 1 aromatic carbocycles. The van der Waals surface area contributed by atoms with Crippen LogP contribution in [-0.2, 0) is 9.53 Å². The Hall–Kier alpha value is -1.35. The lowest BCUT2D eigenvalue weighted by molar-refractivity contribution is -0.134. The molecule has 0 saturated carbocycles. The van der Waals surface area contributed by atoms with Gasteiger partial charge in [-0.05, 0) is 25.0 Å². The summed E-state index contributed by atoms with van der Waals surface area (Å²) in [6.07, 6.45) is 2.14. The van der Waals surface area contributed by atoms with E-state index in [1.807, 2.05) is 18.2 Å². The van der Waals surface area contributed by atoms with E-state index in [0.717, 1.165) is 12.8 Å². The molecule has 1 rings (SSSR count). The van der Waals surface area contributed by atoms with Crippen molar-refractivity contribution in [2.24, 2.45) is 0 Å². The Kier molecular flexibility index (Phi) is 5.48. The highest BCUT2D eigenvalue weighted by molar-refractivity contribution is 5.72. The Labute approximate surface area is 90.0 Å². The molecule has 0 aromatic heterocycles. The van der Waals surface area contributed by atoms with Crippen LogP contribution in [-0.4, -0.2) is 19.7 Å². The number of hydrogen-bond acceptors (Lipinski definition) is 3. The summed E-state index contributed by atoms with van der Waals surface area (Å²) in [6, 6.07) is 9.11. The molecule has 0 saturated heterocycles. The summed E-state index contributed by atoms with van der Waals surface area (Å²) in [5.74, 6) is 0.423. The third-order valence-corrected chi connectivity index (χ3v) is 1.95. The SMILES string of the molecule is COCCCCC(=O)Oc1ccccc1. The zero-order valence-electron chi connectivity index (χ0n) is 8.94. The lowest BCUT2D eigenvalue weighted by Crippen LogP contribution is -2.07. The number of carbonyl (C=O) groups excluding carboxylic acids is 1. The van der Waals surface area contributed by atoms with Crippen molar-refractivity contribution in [1.29, 1.82) is 0 Å². The molecule has 0 radical (unpaired) electrons. The van der Waals surface area contributed by atoms with Gasteiger partial charge in [-0.25, -0.2) is 0 Å². The van der Waals surface area contributed by atoms with Crippen LogP contribution in [0.4, 0.5) is 0 Å². The minimum atomic E-state index is -0.183. The first kappa shape index (κ1) is 11.7. The van der Waals surface area contributed by atoms with Crippen LogP contribution in [0.15, 0.2) is 30.3 Å². The number of unbranched alkanes of at least 4 members (excludes halogenated alkanes) is 1. The zero-order chi connectivity index (χ0) is 10.9. The number of carbonyl (C=O) groups is 1. The first-order valence-corrected chi connectivity index (χ1v) is 5.07. The number of methoxy groups -OCH3 is 1. The van der Waals surface area contributed by atoms with Gasteiger partial charge in [0.05, 0.1) is 0 Å². The highest BCUT2D eigenvalue weighted by Gasteiger charge is 2.03. The van der Waals surface area contributed by atoms with Crippen molar-refractivity contribution in [3.63, 3.8) is 0 Å². The Morgan fingerprint density at radius 1 is 1.20 bits per heavy atom. The van der Waals surface area contributed by atoms with Crippen molar-refractivity contribution in [2.75, 3.05) is 13.7 Å². The molecular weight excluding hydrogens is 192 g/mol. The highest BCUT2D eigenvalue weighted by Crippen LogP contribution is 2.10. The van der Waals surface area contributed by atoms with Crippen molar-refractivity contribution in [1.82, 2.24) is 0 Å². The Bertz CT molecular complexity index is 282. The standard InChI is InChI=1S/C12H16O3/c1-14-10-6-5-9-12(13)15-11-7-3-2-4-8-11/h2-4,7-8H,5-6,9-10H2,1H3. The predicted molar refractivity (Wildman–Crippen MR) is 57.8 cm³/mol. The molecule has 0 spiro atoms. The zero-order valence-corrected chi connectivity index (χ0v) is 8.94.